The third-order valence-electron chi connectivity index (χ3n) is 3.83. The quantitative estimate of drug-likeness (QED) is 0.759. The molecule has 0 aromatic heterocycles. The molecule has 0 aliphatic carbocycles. The van der Waals surface area contributed by atoms with E-state index in [2.05, 4.69) is 17.4 Å². The summed E-state index contributed by atoms with van der Waals surface area (Å²) in [7, 11) is 1.34. The molecular weight excluding hydrogens is 302 g/mol. The first kappa shape index (κ1) is 17.7. The molecule has 0 aliphatic heterocycles. The van der Waals surface area contributed by atoms with E-state index in [0.29, 0.717) is 6.42 Å². The summed E-state index contributed by atoms with van der Waals surface area (Å²) in [6.45, 7) is 0. The van der Waals surface area contributed by atoms with Gasteiger partial charge in [0.1, 0.15) is 6.04 Å². The second kappa shape index (κ2) is 9.50. The number of carbonyl (C=O) groups is 2. The maximum atomic E-state index is 12.2. The smallest absolute Gasteiger partial charge is 0.328 e. The number of ether oxygens (including phenoxy) is 1. The first-order valence-electron chi connectivity index (χ1n) is 8.14. The van der Waals surface area contributed by atoms with Crippen molar-refractivity contribution in [3.05, 3.63) is 71.8 Å². The number of esters is 1. The number of aryl methyl sites for hydroxylation is 1. The standard InChI is InChI=1S/C20H23NO3/c1-24-20(23)18(14-8-13-16-9-4-2-5-10-16)21-19(22)15-17-11-6-3-7-12-17/h2-7,9-12,18H,8,13-15H2,1H3,(H,21,22)/t18-/m0/s1. The summed E-state index contributed by atoms with van der Waals surface area (Å²) in [6.07, 6.45) is 2.48. The Kier molecular flexibility index (Phi) is 7.02. The number of amides is 1. The van der Waals surface area contributed by atoms with E-state index >= 15 is 0 Å². The van der Waals surface area contributed by atoms with Gasteiger partial charge in [0.15, 0.2) is 0 Å². The molecule has 24 heavy (non-hydrogen) atoms. The Morgan fingerprint density at radius 1 is 0.958 bits per heavy atom. The number of hydrogen-bond acceptors (Lipinski definition) is 3. The van der Waals surface area contributed by atoms with Gasteiger partial charge in [-0.2, -0.15) is 0 Å². The molecule has 2 rings (SSSR count). The summed E-state index contributed by atoms with van der Waals surface area (Å²) >= 11 is 0. The van der Waals surface area contributed by atoms with Crippen LogP contribution in [0.1, 0.15) is 24.0 Å². The largest absolute Gasteiger partial charge is 0.467 e. The van der Waals surface area contributed by atoms with Gasteiger partial charge in [-0.1, -0.05) is 60.7 Å². The zero-order chi connectivity index (χ0) is 17.2. The molecule has 1 N–H and O–H groups in total. The van der Waals surface area contributed by atoms with E-state index in [4.69, 9.17) is 4.74 Å². The Labute approximate surface area is 142 Å². The lowest BCUT2D eigenvalue weighted by Gasteiger charge is -2.16. The monoisotopic (exact) mass is 325 g/mol. The number of benzene rings is 2. The minimum Gasteiger partial charge on any atom is -0.467 e. The maximum Gasteiger partial charge on any atom is 0.328 e. The molecule has 0 heterocycles. The molecule has 0 aliphatic rings. The minimum absolute atomic E-state index is 0.170. The van der Waals surface area contributed by atoms with Gasteiger partial charge in [0.05, 0.1) is 13.5 Å². The fourth-order valence-corrected chi connectivity index (χ4v) is 2.57. The van der Waals surface area contributed by atoms with E-state index in [0.717, 1.165) is 18.4 Å². The van der Waals surface area contributed by atoms with E-state index in [-0.39, 0.29) is 12.3 Å². The predicted octanol–water partition coefficient (Wildman–Crippen LogP) is 2.91. The lowest BCUT2D eigenvalue weighted by molar-refractivity contribution is -0.145. The predicted molar refractivity (Wildman–Crippen MR) is 93.5 cm³/mol. The van der Waals surface area contributed by atoms with E-state index in [1.54, 1.807) is 0 Å². The Hall–Kier alpha value is -2.62. The highest BCUT2D eigenvalue weighted by Gasteiger charge is 2.21. The average molecular weight is 325 g/mol. The first-order valence-corrected chi connectivity index (χ1v) is 8.14. The van der Waals surface area contributed by atoms with Crippen molar-refractivity contribution in [2.75, 3.05) is 7.11 Å². The molecule has 0 spiro atoms. The summed E-state index contributed by atoms with van der Waals surface area (Å²) < 4.78 is 4.81. The van der Waals surface area contributed by atoms with Gasteiger partial charge in [-0.3, -0.25) is 4.79 Å². The topological polar surface area (TPSA) is 55.4 Å². The van der Waals surface area contributed by atoms with Crippen LogP contribution in [0.15, 0.2) is 60.7 Å². The molecule has 1 amide bonds. The highest BCUT2D eigenvalue weighted by atomic mass is 16.5. The summed E-state index contributed by atoms with van der Waals surface area (Å²) in [5.74, 6) is -0.569. The third-order valence-corrected chi connectivity index (χ3v) is 3.83. The Morgan fingerprint density at radius 2 is 1.54 bits per heavy atom. The van der Waals surface area contributed by atoms with Crippen molar-refractivity contribution in [2.45, 2.75) is 31.7 Å². The lowest BCUT2D eigenvalue weighted by atomic mass is 10.0. The number of hydrogen-bond donors (Lipinski definition) is 1. The molecule has 4 heteroatoms. The molecule has 2 aromatic carbocycles. The van der Waals surface area contributed by atoms with Gasteiger partial charge in [-0.25, -0.2) is 4.79 Å². The first-order chi connectivity index (χ1) is 11.7. The zero-order valence-corrected chi connectivity index (χ0v) is 13.9. The van der Waals surface area contributed by atoms with Crippen LogP contribution in [0.3, 0.4) is 0 Å². The fraction of sp³-hybridized carbons (Fsp3) is 0.300. The van der Waals surface area contributed by atoms with Crippen molar-refractivity contribution in [3.8, 4) is 0 Å². The highest BCUT2D eigenvalue weighted by Crippen LogP contribution is 2.08. The van der Waals surface area contributed by atoms with Crippen LogP contribution in [0, 0.1) is 0 Å². The van der Waals surface area contributed by atoms with Crippen molar-refractivity contribution in [1.29, 1.82) is 0 Å². The molecular formula is C20H23NO3. The van der Waals surface area contributed by atoms with Crippen LogP contribution in [0.25, 0.3) is 0 Å². The second-order valence-corrected chi connectivity index (χ2v) is 5.68. The molecule has 0 unspecified atom stereocenters. The molecule has 0 bridgehead atoms. The summed E-state index contributed by atoms with van der Waals surface area (Å²) in [6, 6.07) is 18.9. The number of carbonyl (C=O) groups excluding carboxylic acids is 2. The van der Waals surface area contributed by atoms with E-state index < -0.39 is 12.0 Å². The van der Waals surface area contributed by atoms with Gasteiger partial charge in [-0.15, -0.1) is 0 Å². The molecule has 0 saturated heterocycles. The molecule has 2 aromatic rings. The molecule has 1 atom stereocenters. The van der Waals surface area contributed by atoms with E-state index in [1.807, 2.05) is 48.5 Å². The lowest BCUT2D eigenvalue weighted by Crippen LogP contribution is -2.42. The molecule has 126 valence electrons. The average Bonchev–Trinajstić information content (AvgIpc) is 2.62. The Balaban J connectivity index is 1.85. The van der Waals surface area contributed by atoms with Crippen LogP contribution in [0.5, 0.6) is 0 Å². The molecule has 0 radical (unpaired) electrons. The van der Waals surface area contributed by atoms with Crippen LogP contribution in [0.2, 0.25) is 0 Å². The Bertz CT molecular complexity index is 640. The molecule has 4 nitrogen and oxygen atoms in total. The Morgan fingerprint density at radius 3 is 2.12 bits per heavy atom. The summed E-state index contributed by atoms with van der Waals surface area (Å²) in [5.41, 5.74) is 2.14. The third kappa shape index (κ3) is 5.88. The van der Waals surface area contributed by atoms with Crippen LogP contribution in [-0.4, -0.2) is 25.0 Å². The maximum absolute atomic E-state index is 12.2. The van der Waals surface area contributed by atoms with Crippen LogP contribution in [-0.2, 0) is 27.2 Å². The van der Waals surface area contributed by atoms with Crippen molar-refractivity contribution < 1.29 is 14.3 Å². The van der Waals surface area contributed by atoms with Crippen molar-refractivity contribution in [2.24, 2.45) is 0 Å². The summed E-state index contributed by atoms with van der Waals surface area (Å²) in [4.78, 5) is 24.1. The van der Waals surface area contributed by atoms with Gasteiger partial charge in [-0.05, 0) is 30.4 Å². The second-order valence-electron chi connectivity index (χ2n) is 5.68. The van der Waals surface area contributed by atoms with Crippen molar-refractivity contribution in [3.63, 3.8) is 0 Å². The van der Waals surface area contributed by atoms with Gasteiger partial charge in [0.2, 0.25) is 5.91 Å². The van der Waals surface area contributed by atoms with E-state index in [1.165, 1.54) is 12.7 Å². The normalized spacial score (nSPS) is 11.5. The number of rotatable bonds is 8. The van der Waals surface area contributed by atoms with E-state index in [9.17, 15) is 9.59 Å². The zero-order valence-electron chi connectivity index (χ0n) is 13.9. The molecule has 0 saturated carbocycles. The SMILES string of the molecule is COC(=O)[C@H](CCCc1ccccc1)NC(=O)Cc1ccccc1. The van der Waals surface area contributed by atoms with Crippen molar-refractivity contribution in [1.82, 2.24) is 5.32 Å². The van der Waals surface area contributed by atoms with Crippen LogP contribution >= 0.6 is 0 Å². The number of nitrogens with one attached hydrogen (secondary N) is 1. The number of methoxy groups -OCH3 is 1. The van der Waals surface area contributed by atoms with Gasteiger partial charge in [0.25, 0.3) is 0 Å². The van der Waals surface area contributed by atoms with Crippen LogP contribution in [0.4, 0.5) is 0 Å². The van der Waals surface area contributed by atoms with Gasteiger partial charge in [0, 0.05) is 0 Å². The highest BCUT2D eigenvalue weighted by molar-refractivity contribution is 5.85. The minimum atomic E-state index is -0.602. The van der Waals surface area contributed by atoms with Crippen molar-refractivity contribution >= 4 is 11.9 Å². The van der Waals surface area contributed by atoms with Gasteiger partial charge < -0.3 is 10.1 Å². The fourth-order valence-electron chi connectivity index (χ4n) is 2.57. The molecule has 0 fully saturated rings. The van der Waals surface area contributed by atoms with Gasteiger partial charge >= 0.3 is 5.97 Å². The van der Waals surface area contributed by atoms with Crippen LogP contribution < -0.4 is 5.32 Å². The summed E-state index contributed by atoms with van der Waals surface area (Å²) in [5, 5.41) is 2.79.